The van der Waals surface area contributed by atoms with Gasteiger partial charge in [-0.1, -0.05) is 19.1 Å². The molecule has 0 saturated carbocycles. The van der Waals surface area contributed by atoms with Crippen molar-refractivity contribution in [1.82, 2.24) is 9.78 Å². The van der Waals surface area contributed by atoms with E-state index in [2.05, 4.69) is 5.10 Å². The van der Waals surface area contributed by atoms with Crippen molar-refractivity contribution in [1.29, 1.82) is 0 Å². The van der Waals surface area contributed by atoms with E-state index in [0.29, 0.717) is 5.56 Å². The minimum absolute atomic E-state index is 0.0863. The molecule has 0 spiro atoms. The van der Waals surface area contributed by atoms with Crippen LogP contribution in [-0.4, -0.2) is 15.6 Å². The summed E-state index contributed by atoms with van der Waals surface area (Å²) >= 11 is 0. The standard InChI is InChI=1S/C15H17FN2O/c1-3-13-9-14(18(4-2)17-13)10-15(19)11-6-5-7-12(16)8-11/h5-9H,3-4,10H2,1-2H3. The lowest BCUT2D eigenvalue weighted by molar-refractivity contribution is 0.0990. The van der Waals surface area contributed by atoms with Crippen molar-refractivity contribution < 1.29 is 9.18 Å². The van der Waals surface area contributed by atoms with Gasteiger partial charge < -0.3 is 0 Å². The topological polar surface area (TPSA) is 34.9 Å². The molecule has 3 nitrogen and oxygen atoms in total. The highest BCUT2D eigenvalue weighted by Gasteiger charge is 2.12. The number of nitrogens with zero attached hydrogens (tertiary/aromatic N) is 2. The molecule has 0 N–H and O–H groups in total. The lowest BCUT2D eigenvalue weighted by atomic mass is 10.1. The van der Waals surface area contributed by atoms with E-state index in [0.717, 1.165) is 24.4 Å². The number of aromatic nitrogens is 2. The average Bonchev–Trinajstić information content (AvgIpc) is 2.81. The van der Waals surface area contributed by atoms with Gasteiger partial charge in [0.25, 0.3) is 0 Å². The van der Waals surface area contributed by atoms with Gasteiger partial charge in [0.15, 0.2) is 5.78 Å². The van der Waals surface area contributed by atoms with Crippen molar-refractivity contribution in [2.75, 3.05) is 0 Å². The average molecular weight is 260 g/mol. The van der Waals surface area contributed by atoms with Crippen LogP contribution < -0.4 is 0 Å². The predicted octanol–water partition coefficient (Wildman–Crippen LogP) is 3.03. The van der Waals surface area contributed by atoms with Gasteiger partial charge in [0.1, 0.15) is 5.82 Å². The van der Waals surface area contributed by atoms with E-state index in [9.17, 15) is 9.18 Å². The molecule has 0 radical (unpaired) electrons. The zero-order valence-electron chi connectivity index (χ0n) is 11.2. The summed E-state index contributed by atoms with van der Waals surface area (Å²) in [6.07, 6.45) is 1.10. The summed E-state index contributed by atoms with van der Waals surface area (Å²) in [6, 6.07) is 7.74. The second-order valence-electron chi connectivity index (χ2n) is 4.41. The fourth-order valence-corrected chi connectivity index (χ4v) is 2.03. The maximum absolute atomic E-state index is 13.1. The number of hydrogen-bond acceptors (Lipinski definition) is 2. The van der Waals surface area contributed by atoms with E-state index in [4.69, 9.17) is 0 Å². The summed E-state index contributed by atoms with van der Waals surface area (Å²) in [4.78, 5) is 12.1. The van der Waals surface area contributed by atoms with Crippen LogP contribution in [0.4, 0.5) is 4.39 Å². The molecule has 100 valence electrons. The number of rotatable bonds is 5. The Kier molecular flexibility index (Phi) is 4.10. The fourth-order valence-electron chi connectivity index (χ4n) is 2.03. The molecule has 0 saturated heterocycles. The molecule has 19 heavy (non-hydrogen) atoms. The van der Waals surface area contributed by atoms with Gasteiger partial charge in [0, 0.05) is 17.8 Å². The summed E-state index contributed by atoms with van der Waals surface area (Å²) in [7, 11) is 0. The number of benzene rings is 1. The van der Waals surface area contributed by atoms with E-state index in [-0.39, 0.29) is 18.0 Å². The van der Waals surface area contributed by atoms with Crippen molar-refractivity contribution in [3.05, 3.63) is 53.1 Å². The molecule has 0 amide bonds. The number of carbonyl (C=O) groups excluding carboxylic acids is 1. The highest BCUT2D eigenvalue weighted by atomic mass is 19.1. The van der Waals surface area contributed by atoms with Crippen LogP contribution in [0.25, 0.3) is 0 Å². The van der Waals surface area contributed by atoms with Crippen LogP contribution in [0.1, 0.15) is 35.6 Å². The van der Waals surface area contributed by atoms with Crippen molar-refractivity contribution in [3.63, 3.8) is 0 Å². The summed E-state index contributed by atoms with van der Waals surface area (Å²) in [5.74, 6) is -0.471. The maximum Gasteiger partial charge on any atom is 0.168 e. The van der Waals surface area contributed by atoms with Gasteiger partial charge in [0.2, 0.25) is 0 Å². The summed E-state index contributed by atoms with van der Waals surface area (Å²) in [5, 5.41) is 4.40. The van der Waals surface area contributed by atoms with Gasteiger partial charge in [-0.2, -0.15) is 5.10 Å². The Balaban J connectivity index is 2.21. The largest absolute Gasteiger partial charge is 0.294 e. The first-order chi connectivity index (χ1) is 9.13. The molecule has 4 heteroatoms. The first-order valence-corrected chi connectivity index (χ1v) is 6.48. The van der Waals surface area contributed by atoms with Crippen LogP contribution in [0.3, 0.4) is 0 Å². The Labute approximate surface area is 112 Å². The van der Waals surface area contributed by atoms with Gasteiger partial charge in [-0.15, -0.1) is 0 Å². The van der Waals surface area contributed by atoms with Crippen LogP contribution in [0, 0.1) is 5.82 Å². The molecular weight excluding hydrogens is 243 g/mol. The van der Waals surface area contributed by atoms with Gasteiger partial charge in [-0.25, -0.2) is 4.39 Å². The number of halogens is 1. The maximum atomic E-state index is 13.1. The zero-order chi connectivity index (χ0) is 13.8. The molecule has 2 aromatic rings. The highest BCUT2D eigenvalue weighted by Crippen LogP contribution is 2.11. The van der Waals surface area contributed by atoms with Crippen molar-refractivity contribution >= 4 is 5.78 Å². The van der Waals surface area contributed by atoms with Gasteiger partial charge >= 0.3 is 0 Å². The molecule has 0 unspecified atom stereocenters. The third-order valence-corrected chi connectivity index (χ3v) is 3.06. The van der Waals surface area contributed by atoms with Crippen LogP contribution >= 0.6 is 0 Å². The second kappa shape index (κ2) is 5.78. The Morgan fingerprint density at radius 3 is 2.74 bits per heavy atom. The molecule has 1 aromatic carbocycles. The summed E-state index contributed by atoms with van der Waals surface area (Å²) < 4.78 is 14.9. The van der Waals surface area contributed by atoms with E-state index in [1.807, 2.05) is 24.6 Å². The van der Waals surface area contributed by atoms with Gasteiger partial charge in [-0.05, 0) is 31.5 Å². The number of aryl methyl sites for hydroxylation is 2. The van der Waals surface area contributed by atoms with Crippen molar-refractivity contribution in [2.24, 2.45) is 0 Å². The summed E-state index contributed by atoms with van der Waals surface area (Å²) in [6.45, 7) is 4.74. The normalized spacial score (nSPS) is 10.7. The quantitative estimate of drug-likeness (QED) is 0.774. The molecule has 1 heterocycles. The van der Waals surface area contributed by atoms with Gasteiger partial charge in [-0.3, -0.25) is 9.48 Å². The van der Waals surface area contributed by atoms with Crippen LogP contribution in [-0.2, 0) is 19.4 Å². The van der Waals surface area contributed by atoms with E-state index < -0.39 is 0 Å². The minimum Gasteiger partial charge on any atom is -0.294 e. The third kappa shape index (κ3) is 3.08. The molecule has 0 aliphatic carbocycles. The lowest BCUT2D eigenvalue weighted by Gasteiger charge is -2.04. The van der Waals surface area contributed by atoms with Crippen LogP contribution in [0.2, 0.25) is 0 Å². The van der Waals surface area contributed by atoms with Crippen molar-refractivity contribution in [3.8, 4) is 0 Å². The van der Waals surface area contributed by atoms with Crippen molar-refractivity contribution in [2.45, 2.75) is 33.2 Å². The smallest absolute Gasteiger partial charge is 0.168 e. The second-order valence-corrected chi connectivity index (χ2v) is 4.41. The van der Waals surface area contributed by atoms with Gasteiger partial charge in [0.05, 0.1) is 12.1 Å². The lowest BCUT2D eigenvalue weighted by Crippen LogP contribution is -2.09. The third-order valence-electron chi connectivity index (χ3n) is 3.06. The number of hydrogen-bond donors (Lipinski definition) is 0. The fraction of sp³-hybridized carbons (Fsp3) is 0.333. The molecule has 0 bridgehead atoms. The number of ketones is 1. The monoisotopic (exact) mass is 260 g/mol. The summed E-state index contributed by atoms with van der Waals surface area (Å²) in [5.41, 5.74) is 2.26. The molecule has 0 atom stereocenters. The minimum atomic E-state index is -0.385. The van der Waals surface area contributed by atoms with Crippen LogP contribution in [0.5, 0.6) is 0 Å². The van der Waals surface area contributed by atoms with Crippen LogP contribution in [0.15, 0.2) is 30.3 Å². The van der Waals surface area contributed by atoms with E-state index >= 15 is 0 Å². The predicted molar refractivity (Wildman–Crippen MR) is 71.7 cm³/mol. The molecule has 0 fully saturated rings. The zero-order valence-corrected chi connectivity index (χ0v) is 11.2. The number of carbonyl (C=O) groups is 1. The molecule has 1 aromatic heterocycles. The molecule has 2 rings (SSSR count). The van der Waals surface area contributed by atoms with E-state index in [1.54, 1.807) is 12.1 Å². The Bertz CT molecular complexity index is 590. The Morgan fingerprint density at radius 2 is 2.11 bits per heavy atom. The first-order valence-electron chi connectivity index (χ1n) is 6.48. The Hall–Kier alpha value is -1.97. The van der Waals surface area contributed by atoms with E-state index in [1.165, 1.54) is 12.1 Å². The molecule has 0 aliphatic rings. The number of Topliss-reactive ketones (excluding diaryl/α,β-unsaturated/α-hetero) is 1. The molecular formula is C15H17FN2O. The SMILES string of the molecule is CCc1cc(CC(=O)c2cccc(F)c2)n(CC)n1. The highest BCUT2D eigenvalue weighted by molar-refractivity contribution is 5.97. The molecule has 0 aliphatic heterocycles. The first kappa shape index (κ1) is 13.5. The Morgan fingerprint density at radius 1 is 1.32 bits per heavy atom.